The second-order valence-electron chi connectivity index (χ2n) is 7.41. The van der Waals surface area contributed by atoms with E-state index < -0.39 is 0 Å². The van der Waals surface area contributed by atoms with Gasteiger partial charge in [0, 0.05) is 6.54 Å². The molecule has 0 aromatic rings. The first-order valence-corrected chi connectivity index (χ1v) is 11.1. The molecule has 1 aliphatic rings. The van der Waals surface area contributed by atoms with E-state index in [0.29, 0.717) is 4.32 Å². The number of hydrogen-bond donors (Lipinski definition) is 2. The van der Waals surface area contributed by atoms with Crippen LogP contribution in [0.3, 0.4) is 0 Å². The van der Waals surface area contributed by atoms with Gasteiger partial charge in [0.05, 0.1) is 0 Å². The van der Waals surface area contributed by atoms with Crippen LogP contribution in [0.15, 0.2) is 0 Å². The largest absolute Gasteiger partial charge is 0.371 e. The van der Waals surface area contributed by atoms with Crippen molar-refractivity contribution in [3.05, 3.63) is 0 Å². The minimum Gasteiger partial charge on any atom is -0.371 e. The van der Waals surface area contributed by atoms with Gasteiger partial charge in [0.2, 0.25) is 0 Å². The van der Waals surface area contributed by atoms with Gasteiger partial charge >= 0.3 is 0 Å². The SMILES string of the molecule is S=C(S)NCCCCCCCCCCCCCC1CCCCC1. The molecule has 1 aliphatic carbocycles. The highest BCUT2D eigenvalue weighted by Crippen LogP contribution is 2.28. The van der Waals surface area contributed by atoms with Gasteiger partial charge in [0.15, 0.2) is 0 Å². The van der Waals surface area contributed by atoms with E-state index in [1.54, 1.807) is 0 Å². The molecule has 1 nitrogen and oxygen atoms in total. The molecule has 0 spiro atoms. The van der Waals surface area contributed by atoms with Crippen molar-refractivity contribution in [3.8, 4) is 0 Å². The number of unbranched alkanes of at least 4 members (excludes halogenated alkanes) is 10. The van der Waals surface area contributed by atoms with E-state index in [1.165, 1.54) is 109 Å². The lowest BCUT2D eigenvalue weighted by Gasteiger charge is -2.21. The fourth-order valence-corrected chi connectivity index (χ4v) is 4.03. The summed E-state index contributed by atoms with van der Waals surface area (Å²) in [5.74, 6) is 1.09. The Morgan fingerprint density at radius 3 is 1.74 bits per heavy atom. The van der Waals surface area contributed by atoms with E-state index in [9.17, 15) is 0 Å². The minimum atomic E-state index is 0.628. The molecule has 0 aromatic carbocycles. The molecule has 0 radical (unpaired) electrons. The van der Waals surface area contributed by atoms with E-state index in [-0.39, 0.29) is 0 Å². The van der Waals surface area contributed by atoms with Gasteiger partial charge in [-0.2, -0.15) is 0 Å². The fraction of sp³-hybridized carbons (Fsp3) is 0.950. The summed E-state index contributed by atoms with van der Waals surface area (Å²) in [5.41, 5.74) is 0. The van der Waals surface area contributed by atoms with Gasteiger partial charge in [-0.3, -0.25) is 0 Å². The number of thiol groups is 1. The maximum Gasteiger partial charge on any atom is 0.130 e. The molecule has 0 heterocycles. The van der Waals surface area contributed by atoms with Crippen LogP contribution in [-0.2, 0) is 0 Å². The number of hydrogen-bond acceptors (Lipinski definition) is 1. The van der Waals surface area contributed by atoms with E-state index in [0.717, 1.165) is 12.5 Å². The molecule has 1 rings (SSSR count). The average molecular weight is 358 g/mol. The highest BCUT2D eigenvalue weighted by atomic mass is 32.1. The summed E-state index contributed by atoms with van der Waals surface area (Å²) in [6, 6.07) is 0. The van der Waals surface area contributed by atoms with Gasteiger partial charge in [0.1, 0.15) is 4.32 Å². The molecule has 0 amide bonds. The second kappa shape index (κ2) is 15.7. The number of rotatable bonds is 14. The second-order valence-corrected chi connectivity index (χ2v) is 8.57. The van der Waals surface area contributed by atoms with Crippen molar-refractivity contribution in [2.75, 3.05) is 6.54 Å². The molecule has 0 unspecified atom stereocenters. The Balaban J connectivity index is 1.69. The number of thiocarbonyl (C=S) groups is 1. The van der Waals surface area contributed by atoms with Crippen molar-refractivity contribution in [2.45, 2.75) is 109 Å². The molecule has 3 heteroatoms. The van der Waals surface area contributed by atoms with Crippen molar-refractivity contribution in [3.63, 3.8) is 0 Å². The van der Waals surface area contributed by atoms with Crippen LogP contribution in [0.2, 0.25) is 0 Å². The van der Waals surface area contributed by atoms with Crippen LogP contribution >= 0.6 is 24.8 Å². The van der Waals surface area contributed by atoms with Crippen molar-refractivity contribution in [2.24, 2.45) is 5.92 Å². The standard InChI is InChI=1S/C20H39NS2/c22-20(23)21-18-14-9-7-5-3-1-2-4-6-8-11-15-19-16-12-10-13-17-19/h19H,1-18H2,(H2,21,22,23). The predicted octanol–water partition coefficient (Wildman–Crippen LogP) is 7.05. The van der Waals surface area contributed by atoms with Gasteiger partial charge in [-0.1, -0.05) is 115 Å². The van der Waals surface area contributed by atoms with Gasteiger partial charge in [-0.05, 0) is 12.3 Å². The van der Waals surface area contributed by atoms with Gasteiger partial charge in [0.25, 0.3) is 0 Å². The predicted molar refractivity (Wildman–Crippen MR) is 112 cm³/mol. The molecule has 1 N–H and O–H groups in total. The highest BCUT2D eigenvalue weighted by molar-refractivity contribution is 8.11. The van der Waals surface area contributed by atoms with Gasteiger partial charge in [-0.15, -0.1) is 12.6 Å². The summed E-state index contributed by atoms with van der Waals surface area (Å²) in [4.78, 5) is 0. The third-order valence-electron chi connectivity index (χ3n) is 5.29. The van der Waals surface area contributed by atoms with Crippen molar-refractivity contribution in [1.82, 2.24) is 5.32 Å². The zero-order valence-electron chi connectivity index (χ0n) is 15.2. The normalized spacial score (nSPS) is 15.7. The quantitative estimate of drug-likeness (QED) is 0.196. The summed E-state index contributed by atoms with van der Waals surface area (Å²) < 4.78 is 0.628. The fourth-order valence-electron chi connectivity index (χ4n) is 3.82. The summed E-state index contributed by atoms with van der Waals surface area (Å²) >= 11 is 8.93. The number of nitrogens with one attached hydrogen (secondary N) is 1. The smallest absolute Gasteiger partial charge is 0.130 e. The zero-order valence-corrected chi connectivity index (χ0v) is 16.9. The molecule has 0 atom stereocenters. The Bertz CT molecular complexity index is 275. The lowest BCUT2D eigenvalue weighted by atomic mass is 9.85. The van der Waals surface area contributed by atoms with Crippen LogP contribution in [0.5, 0.6) is 0 Å². The lowest BCUT2D eigenvalue weighted by molar-refractivity contribution is 0.328. The maximum absolute atomic E-state index is 4.87. The molecule has 0 bridgehead atoms. The molecule has 23 heavy (non-hydrogen) atoms. The zero-order chi connectivity index (χ0) is 16.6. The average Bonchev–Trinajstić information content (AvgIpc) is 2.56. The Morgan fingerprint density at radius 1 is 0.739 bits per heavy atom. The molecular formula is C20H39NS2. The topological polar surface area (TPSA) is 12.0 Å². The van der Waals surface area contributed by atoms with Crippen LogP contribution in [0.1, 0.15) is 109 Å². The molecule has 136 valence electrons. The summed E-state index contributed by atoms with van der Waals surface area (Å²) in [7, 11) is 0. The van der Waals surface area contributed by atoms with Crippen LogP contribution in [0.4, 0.5) is 0 Å². The molecule has 0 aromatic heterocycles. The van der Waals surface area contributed by atoms with E-state index in [1.807, 2.05) is 0 Å². The molecule has 0 saturated heterocycles. The summed E-state index contributed by atoms with van der Waals surface area (Å²) in [5, 5.41) is 3.10. The molecule has 1 fully saturated rings. The van der Waals surface area contributed by atoms with Crippen molar-refractivity contribution in [1.29, 1.82) is 0 Å². The lowest BCUT2D eigenvalue weighted by Crippen LogP contribution is -2.17. The molecular weight excluding hydrogens is 318 g/mol. The highest BCUT2D eigenvalue weighted by Gasteiger charge is 2.12. The molecule has 1 saturated carbocycles. The third kappa shape index (κ3) is 14.3. The summed E-state index contributed by atoms with van der Waals surface area (Å²) in [6.45, 7) is 0.989. The monoisotopic (exact) mass is 357 g/mol. The first-order valence-electron chi connectivity index (χ1n) is 10.3. The Kier molecular flexibility index (Phi) is 14.6. The van der Waals surface area contributed by atoms with Gasteiger partial charge < -0.3 is 5.32 Å². The Labute approximate surface area is 156 Å². The Morgan fingerprint density at radius 2 is 1.22 bits per heavy atom. The van der Waals surface area contributed by atoms with Crippen LogP contribution in [-0.4, -0.2) is 10.9 Å². The minimum absolute atomic E-state index is 0.628. The van der Waals surface area contributed by atoms with Crippen LogP contribution < -0.4 is 5.32 Å². The summed E-state index contributed by atoms with van der Waals surface area (Å²) in [6.07, 6.45) is 24.7. The van der Waals surface area contributed by atoms with Crippen molar-refractivity contribution >= 4 is 29.2 Å². The van der Waals surface area contributed by atoms with E-state index in [2.05, 4.69) is 17.9 Å². The molecule has 0 aliphatic heterocycles. The Hall–Kier alpha value is 0.240. The third-order valence-corrected chi connectivity index (χ3v) is 5.59. The van der Waals surface area contributed by atoms with E-state index in [4.69, 9.17) is 12.2 Å². The first kappa shape index (κ1) is 21.3. The van der Waals surface area contributed by atoms with E-state index >= 15 is 0 Å². The maximum atomic E-state index is 4.87. The first-order chi connectivity index (χ1) is 11.3. The van der Waals surface area contributed by atoms with Crippen LogP contribution in [0.25, 0.3) is 0 Å². The van der Waals surface area contributed by atoms with Crippen LogP contribution in [0, 0.1) is 5.92 Å². The van der Waals surface area contributed by atoms with Gasteiger partial charge in [-0.25, -0.2) is 0 Å². The van der Waals surface area contributed by atoms with Crippen molar-refractivity contribution < 1.29 is 0 Å².